The molecule has 2 amide bonds. The summed E-state index contributed by atoms with van der Waals surface area (Å²) in [5, 5.41) is 13.8. The number of para-hydroxylation sites is 1. The minimum atomic E-state index is -4.61. The van der Waals surface area contributed by atoms with Gasteiger partial charge in [0.25, 0.3) is 5.91 Å². The molecule has 2 atom stereocenters. The second-order valence-electron chi connectivity index (χ2n) is 9.13. The highest BCUT2D eigenvalue weighted by Gasteiger charge is 2.45. The molecule has 11 heteroatoms. The molecule has 35 heavy (non-hydrogen) atoms. The summed E-state index contributed by atoms with van der Waals surface area (Å²) in [4.78, 5) is 31.5. The number of nitrogens with zero attached hydrogens (tertiary/aromatic N) is 3. The fraction of sp³-hybridized carbons (Fsp3) is 0.417. The molecule has 3 heterocycles. The number of benzene rings is 1. The lowest BCUT2D eigenvalue weighted by Gasteiger charge is -2.48. The maximum atomic E-state index is 13.3. The molecule has 0 aliphatic carbocycles. The van der Waals surface area contributed by atoms with Crippen molar-refractivity contribution in [3.05, 3.63) is 60.0 Å². The lowest BCUT2D eigenvalue weighted by atomic mass is 9.86. The summed E-state index contributed by atoms with van der Waals surface area (Å²) in [6, 6.07) is 8.42. The van der Waals surface area contributed by atoms with Crippen LogP contribution in [0.25, 0.3) is 10.9 Å². The number of aromatic amines is 1. The van der Waals surface area contributed by atoms with Crippen LogP contribution in [0.2, 0.25) is 0 Å². The third kappa shape index (κ3) is 5.79. The second-order valence-corrected chi connectivity index (χ2v) is 9.13. The van der Waals surface area contributed by atoms with Crippen LogP contribution in [-0.4, -0.2) is 56.3 Å². The summed E-state index contributed by atoms with van der Waals surface area (Å²) in [5.74, 6) is -1.37. The van der Waals surface area contributed by atoms with Crippen LogP contribution in [0.1, 0.15) is 55.1 Å². The maximum Gasteiger partial charge on any atom is 0.397 e. The minimum Gasteiger partial charge on any atom is -0.335 e. The molecule has 0 bridgehead atoms. The van der Waals surface area contributed by atoms with Gasteiger partial charge in [-0.25, -0.2) is 0 Å². The number of hydrogen-bond donors (Lipinski definition) is 3. The zero-order valence-electron chi connectivity index (χ0n) is 19.4. The normalized spacial score (nSPS) is 20.9. The first-order valence-electron chi connectivity index (χ1n) is 11.4. The van der Waals surface area contributed by atoms with Crippen LogP contribution in [-0.2, 0) is 4.79 Å². The van der Waals surface area contributed by atoms with Crippen LogP contribution in [0, 0.1) is 0 Å². The molecule has 1 aliphatic rings. The number of H-pyrrole nitrogens is 1. The zero-order valence-corrected chi connectivity index (χ0v) is 19.4. The monoisotopic (exact) mass is 488 g/mol. The first kappa shape index (κ1) is 24.6. The van der Waals surface area contributed by atoms with Crippen molar-refractivity contribution in [2.24, 2.45) is 0 Å². The van der Waals surface area contributed by atoms with Gasteiger partial charge in [-0.3, -0.25) is 25.0 Å². The maximum absolute atomic E-state index is 13.3. The number of amides is 2. The standard InChI is InChI=1S/C24H27F3N6O2/c1-15(2)31-23(32-22(35)17-9-16-5-3-4-6-19(16)28-12-17)7-8-33(21(34)11-24(25,26)27)20(10-23)18-13-29-30-14-18/h3-6,9,12-15,20,31H,7-8,10-11H2,1-2H3,(H,29,30)(H,32,35). The van der Waals surface area contributed by atoms with Crippen LogP contribution >= 0.6 is 0 Å². The number of alkyl halides is 3. The Bertz CT molecular complexity index is 1200. The Balaban J connectivity index is 1.63. The first-order chi connectivity index (χ1) is 16.6. The van der Waals surface area contributed by atoms with Crippen LogP contribution in [0.4, 0.5) is 13.2 Å². The molecule has 8 nitrogen and oxygen atoms in total. The van der Waals surface area contributed by atoms with Gasteiger partial charge in [0.2, 0.25) is 5.91 Å². The first-order valence-corrected chi connectivity index (χ1v) is 11.4. The molecule has 1 aromatic carbocycles. The van der Waals surface area contributed by atoms with E-state index >= 15 is 0 Å². The molecular weight excluding hydrogens is 461 g/mol. The number of pyridine rings is 1. The Kier molecular flexibility index (Phi) is 6.79. The van der Waals surface area contributed by atoms with E-state index in [4.69, 9.17) is 0 Å². The second kappa shape index (κ2) is 9.65. The summed E-state index contributed by atoms with van der Waals surface area (Å²) >= 11 is 0. The van der Waals surface area contributed by atoms with Gasteiger partial charge >= 0.3 is 6.18 Å². The largest absolute Gasteiger partial charge is 0.397 e. The molecule has 1 saturated heterocycles. The Morgan fingerprint density at radius 1 is 1.26 bits per heavy atom. The van der Waals surface area contributed by atoms with E-state index in [9.17, 15) is 22.8 Å². The number of carbonyl (C=O) groups is 2. The lowest BCUT2D eigenvalue weighted by Crippen LogP contribution is -2.66. The number of nitrogens with one attached hydrogen (secondary N) is 3. The highest BCUT2D eigenvalue weighted by Crippen LogP contribution is 2.37. The molecule has 0 radical (unpaired) electrons. The van der Waals surface area contributed by atoms with Crippen molar-refractivity contribution in [3.63, 3.8) is 0 Å². The molecule has 0 saturated carbocycles. The molecule has 0 spiro atoms. The van der Waals surface area contributed by atoms with E-state index in [0.29, 0.717) is 11.1 Å². The third-order valence-corrected chi connectivity index (χ3v) is 6.04. The van der Waals surface area contributed by atoms with Crippen molar-refractivity contribution in [2.75, 3.05) is 6.54 Å². The summed E-state index contributed by atoms with van der Waals surface area (Å²) in [5.41, 5.74) is 0.727. The van der Waals surface area contributed by atoms with E-state index in [1.807, 2.05) is 38.1 Å². The fourth-order valence-electron chi connectivity index (χ4n) is 4.64. The van der Waals surface area contributed by atoms with E-state index in [0.717, 1.165) is 10.9 Å². The molecule has 3 N–H and O–H groups in total. The van der Waals surface area contributed by atoms with Gasteiger partial charge in [-0.2, -0.15) is 18.3 Å². The Labute approximate surface area is 200 Å². The van der Waals surface area contributed by atoms with E-state index in [2.05, 4.69) is 25.8 Å². The summed E-state index contributed by atoms with van der Waals surface area (Å²) < 4.78 is 39.0. The topological polar surface area (TPSA) is 103 Å². The third-order valence-electron chi connectivity index (χ3n) is 6.04. The summed E-state index contributed by atoms with van der Waals surface area (Å²) in [6.45, 7) is 3.86. The highest BCUT2D eigenvalue weighted by atomic mass is 19.4. The van der Waals surface area contributed by atoms with Crippen molar-refractivity contribution in [1.82, 2.24) is 30.7 Å². The van der Waals surface area contributed by atoms with Crippen molar-refractivity contribution in [2.45, 2.75) is 57.0 Å². The molecule has 1 fully saturated rings. The van der Waals surface area contributed by atoms with Crippen LogP contribution in [0.15, 0.2) is 48.9 Å². The fourth-order valence-corrected chi connectivity index (χ4v) is 4.64. The predicted octanol–water partition coefficient (Wildman–Crippen LogP) is 3.70. The molecule has 3 aromatic rings. The highest BCUT2D eigenvalue weighted by molar-refractivity contribution is 5.97. The molecule has 186 valence electrons. The van der Waals surface area contributed by atoms with Gasteiger partial charge in [0, 0.05) is 48.8 Å². The molecule has 2 unspecified atom stereocenters. The zero-order chi connectivity index (χ0) is 25.2. The average Bonchev–Trinajstić information content (AvgIpc) is 3.32. The number of piperidine rings is 1. The minimum absolute atomic E-state index is 0.0285. The van der Waals surface area contributed by atoms with Crippen molar-refractivity contribution >= 4 is 22.7 Å². The number of likely N-dealkylation sites (tertiary alicyclic amines) is 1. The van der Waals surface area contributed by atoms with Crippen LogP contribution in [0.3, 0.4) is 0 Å². The van der Waals surface area contributed by atoms with Crippen molar-refractivity contribution in [1.29, 1.82) is 0 Å². The Hall–Kier alpha value is -3.47. The predicted molar refractivity (Wildman–Crippen MR) is 123 cm³/mol. The number of carbonyl (C=O) groups excluding carboxylic acids is 2. The van der Waals surface area contributed by atoms with Gasteiger partial charge in [-0.05, 0) is 26.0 Å². The van der Waals surface area contributed by atoms with Crippen molar-refractivity contribution < 1.29 is 22.8 Å². The van der Waals surface area contributed by atoms with E-state index in [-0.39, 0.29) is 31.3 Å². The number of aromatic nitrogens is 3. The van der Waals surface area contributed by atoms with Crippen molar-refractivity contribution in [3.8, 4) is 0 Å². The quantitative estimate of drug-likeness (QED) is 0.459. The SMILES string of the molecule is CC(C)NC1(NC(=O)c2cnc3ccccc3c2)CCN(C(=O)CC(F)(F)F)C(c2cn[nH]c2)C1. The van der Waals surface area contributed by atoms with Gasteiger partial charge in [-0.1, -0.05) is 18.2 Å². The van der Waals surface area contributed by atoms with Gasteiger partial charge in [0.1, 0.15) is 6.42 Å². The number of hydrogen-bond acceptors (Lipinski definition) is 5. The van der Waals surface area contributed by atoms with Gasteiger partial charge in [0.05, 0.1) is 29.0 Å². The molecule has 4 rings (SSSR count). The van der Waals surface area contributed by atoms with E-state index < -0.39 is 30.2 Å². The van der Waals surface area contributed by atoms with Gasteiger partial charge in [0.15, 0.2) is 0 Å². The van der Waals surface area contributed by atoms with Gasteiger partial charge in [-0.15, -0.1) is 0 Å². The average molecular weight is 489 g/mol. The summed E-state index contributed by atoms with van der Waals surface area (Å²) in [7, 11) is 0. The number of fused-ring (bicyclic) bond motifs is 1. The number of halogens is 3. The van der Waals surface area contributed by atoms with Crippen LogP contribution < -0.4 is 10.6 Å². The van der Waals surface area contributed by atoms with Crippen LogP contribution in [0.5, 0.6) is 0 Å². The Morgan fingerprint density at radius 2 is 2.03 bits per heavy atom. The molecular formula is C24H27F3N6O2. The van der Waals surface area contributed by atoms with E-state index in [1.54, 1.807) is 12.3 Å². The lowest BCUT2D eigenvalue weighted by molar-refractivity contribution is -0.165. The van der Waals surface area contributed by atoms with Gasteiger partial charge < -0.3 is 10.2 Å². The number of rotatable bonds is 6. The molecule has 2 aromatic heterocycles. The Morgan fingerprint density at radius 3 is 2.71 bits per heavy atom. The summed E-state index contributed by atoms with van der Waals surface area (Å²) in [6.07, 6.45) is -1.22. The van der Waals surface area contributed by atoms with E-state index in [1.165, 1.54) is 17.3 Å². The molecule has 1 aliphatic heterocycles. The smallest absolute Gasteiger partial charge is 0.335 e.